The highest BCUT2D eigenvalue weighted by Gasteiger charge is 2.17. The third-order valence-corrected chi connectivity index (χ3v) is 2.00. The summed E-state index contributed by atoms with van der Waals surface area (Å²) < 4.78 is 4.48. The van der Waals surface area contributed by atoms with Gasteiger partial charge in [0.05, 0.1) is 20.1 Å². The fourth-order valence-electron chi connectivity index (χ4n) is 1.21. The molecule has 1 N–H and O–H groups in total. The molecule has 1 saturated heterocycles. The number of hydrogen-bond acceptors (Lipinski definition) is 4. The van der Waals surface area contributed by atoms with E-state index in [2.05, 4.69) is 10.1 Å². The van der Waals surface area contributed by atoms with E-state index in [1.807, 2.05) is 0 Å². The molecular weight excluding hydrogens is 172 g/mol. The molecule has 1 aliphatic heterocycles. The van der Waals surface area contributed by atoms with Crippen LogP contribution in [0.1, 0.15) is 6.42 Å². The van der Waals surface area contributed by atoms with Crippen molar-refractivity contribution in [2.45, 2.75) is 6.42 Å². The summed E-state index contributed by atoms with van der Waals surface area (Å²) in [5.41, 5.74) is 0. The molecule has 0 aromatic rings. The van der Waals surface area contributed by atoms with Crippen molar-refractivity contribution < 1.29 is 14.3 Å². The van der Waals surface area contributed by atoms with E-state index in [9.17, 15) is 9.59 Å². The van der Waals surface area contributed by atoms with Crippen LogP contribution < -0.4 is 5.32 Å². The number of rotatable bonds is 3. The molecule has 0 aromatic heterocycles. The molecule has 0 aliphatic carbocycles. The van der Waals surface area contributed by atoms with Crippen molar-refractivity contribution in [3.05, 3.63) is 0 Å². The Morgan fingerprint density at radius 2 is 2.46 bits per heavy atom. The first-order valence-electron chi connectivity index (χ1n) is 4.29. The fourth-order valence-corrected chi connectivity index (χ4v) is 1.21. The first-order valence-corrected chi connectivity index (χ1v) is 4.29. The molecule has 0 radical (unpaired) electrons. The number of amides is 1. The maximum absolute atomic E-state index is 11.2. The van der Waals surface area contributed by atoms with Crippen LogP contribution in [0.15, 0.2) is 0 Å². The fraction of sp³-hybridized carbons (Fsp3) is 0.750. The van der Waals surface area contributed by atoms with Crippen LogP contribution >= 0.6 is 0 Å². The molecule has 0 unspecified atom stereocenters. The molecule has 1 amide bonds. The van der Waals surface area contributed by atoms with E-state index in [0.29, 0.717) is 19.6 Å². The van der Waals surface area contributed by atoms with E-state index in [1.54, 1.807) is 4.90 Å². The zero-order valence-corrected chi connectivity index (χ0v) is 7.71. The largest absolute Gasteiger partial charge is 0.469 e. The summed E-state index contributed by atoms with van der Waals surface area (Å²) in [5, 5.41) is 2.96. The number of ether oxygens (including phenoxy) is 1. The Labute approximate surface area is 77.0 Å². The Morgan fingerprint density at radius 1 is 1.69 bits per heavy atom. The van der Waals surface area contributed by atoms with Crippen molar-refractivity contribution in [2.75, 3.05) is 33.3 Å². The van der Waals surface area contributed by atoms with Crippen molar-refractivity contribution in [2.24, 2.45) is 0 Å². The molecule has 0 aromatic carbocycles. The minimum atomic E-state index is -0.272. The van der Waals surface area contributed by atoms with Gasteiger partial charge >= 0.3 is 5.97 Å². The third-order valence-electron chi connectivity index (χ3n) is 2.00. The molecule has 1 heterocycles. The van der Waals surface area contributed by atoms with Gasteiger partial charge in [0.1, 0.15) is 0 Å². The quantitative estimate of drug-likeness (QED) is 0.573. The lowest BCUT2D eigenvalue weighted by molar-refractivity contribution is -0.141. The highest BCUT2D eigenvalue weighted by atomic mass is 16.5. The topological polar surface area (TPSA) is 58.6 Å². The van der Waals surface area contributed by atoms with E-state index in [4.69, 9.17) is 0 Å². The summed E-state index contributed by atoms with van der Waals surface area (Å²) in [5.74, 6) is -0.221. The lowest BCUT2D eigenvalue weighted by atomic mass is 10.3. The number of esters is 1. The monoisotopic (exact) mass is 186 g/mol. The van der Waals surface area contributed by atoms with Crippen LogP contribution in [0.4, 0.5) is 0 Å². The van der Waals surface area contributed by atoms with Gasteiger partial charge in [-0.25, -0.2) is 0 Å². The number of methoxy groups -OCH3 is 1. The Bertz CT molecular complexity index is 206. The van der Waals surface area contributed by atoms with Crippen LogP contribution in [0.2, 0.25) is 0 Å². The van der Waals surface area contributed by atoms with E-state index in [0.717, 1.165) is 6.54 Å². The Balaban J connectivity index is 2.26. The molecule has 0 atom stereocenters. The van der Waals surface area contributed by atoms with Gasteiger partial charge in [0, 0.05) is 19.6 Å². The van der Waals surface area contributed by atoms with Gasteiger partial charge in [-0.3, -0.25) is 9.59 Å². The number of carbonyl (C=O) groups is 2. The predicted octanol–water partition coefficient (Wildman–Crippen LogP) is -1.02. The summed E-state index contributed by atoms with van der Waals surface area (Å²) in [4.78, 5) is 23.7. The van der Waals surface area contributed by atoms with Gasteiger partial charge in [-0.1, -0.05) is 0 Å². The smallest absolute Gasteiger partial charge is 0.307 e. The molecular formula is C8H14N2O3. The lowest BCUT2D eigenvalue weighted by Gasteiger charge is -2.26. The van der Waals surface area contributed by atoms with Crippen LogP contribution in [0.5, 0.6) is 0 Å². The summed E-state index contributed by atoms with van der Waals surface area (Å²) in [6, 6.07) is 0. The number of nitrogens with zero attached hydrogens (tertiary/aromatic N) is 1. The molecule has 1 fully saturated rings. The van der Waals surface area contributed by atoms with Gasteiger partial charge in [-0.05, 0) is 0 Å². The van der Waals surface area contributed by atoms with Crippen molar-refractivity contribution in [3.8, 4) is 0 Å². The van der Waals surface area contributed by atoms with Crippen LogP contribution in [0.25, 0.3) is 0 Å². The second-order valence-corrected chi connectivity index (χ2v) is 2.88. The molecule has 0 bridgehead atoms. The van der Waals surface area contributed by atoms with Crippen LogP contribution in [-0.4, -0.2) is 50.1 Å². The number of nitrogens with one attached hydrogen (secondary N) is 1. The third kappa shape index (κ3) is 3.02. The van der Waals surface area contributed by atoms with Gasteiger partial charge in [-0.15, -0.1) is 0 Å². The summed E-state index contributed by atoms with van der Waals surface area (Å²) in [6.07, 6.45) is 0.280. The van der Waals surface area contributed by atoms with Gasteiger partial charge in [0.25, 0.3) is 0 Å². The van der Waals surface area contributed by atoms with Crippen LogP contribution in [0.3, 0.4) is 0 Å². The van der Waals surface area contributed by atoms with E-state index >= 15 is 0 Å². The van der Waals surface area contributed by atoms with E-state index < -0.39 is 0 Å². The summed E-state index contributed by atoms with van der Waals surface area (Å²) in [6.45, 7) is 2.32. The average molecular weight is 186 g/mol. The minimum absolute atomic E-state index is 0.0511. The molecule has 1 rings (SSSR count). The maximum atomic E-state index is 11.2. The van der Waals surface area contributed by atoms with Crippen molar-refractivity contribution in [3.63, 3.8) is 0 Å². The van der Waals surface area contributed by atoms with Crippen molar-refractivity contribution in [1.82, 2.24) is 10.2 Å². The first-order chi connectivity index (χ1) is 6.24. The molecule has 0 saturated carbocycles. The van der Waals surface area contributed by atoms with Gasteiger partial charge < -0.3 is 15.0 Å². The highest BCUT2D eigenvalue weighted by molar-refractivity contribution is 5.79. The van der Waals surface area contributed by atoms with Crippen LogP contribution in [0, 0.1) is 0 Å². The summed E-state index contributed by atoms with van der Waals surface area (Å²) in [7, 11) is 1.35. The van der Waals surface area contributed by atoms with Crippen molar-refractivity contribution >= 4 is 11.9 Å². The average Bonchev–Trinajstić information content (AvgIpc) is 2.16. The van der Waals surface area contributed by atoms with Gasteiger partial charge in [-0.2, -0.15) is 0 Å². The molecule has 74 valence electrons. The number of piperazine rings is 1. The maximum Gasteiger partial charge on any atom is 0.307 e. The second kappa shape index (κ2) is 4.81. The zero-order chi connectivity index (χ0) is 9.68. The SMILES string of the molecule is COC(=O)CCN1CCNCC1=O. The predicted molar refractivity (Wildman–Crippen MR) is 46.1 cm³/mol. The Hall–Kier alpha value is -1.10. The van der Waals surface area contributed by atoms with E-state index in [1.165, 1.54) is 7.11 Å². The summed E-state index contributed by atoms with van der Waals surface area (Å²) >= 11 is 0. The zero-order valence-electron chi connectivity index (χ0n) is 7.71. The lowest BCUT2D eigenvalue weighted by Crippen LogP contribution is -2.48. The normalized spacial score (nSPS) is 17.3. The van der Waals surface area contributed by atoms with Crippen LogP contribution in [-0.2, 0) is 14.3 Å². The first kappa shape index (κ1) is 9.98. The van der Waals surface area contributed by atoms with Gasteiger partial charge in [0.15, 0.2) is 0 Å². The number of carbonyl (C=O) groups excluding carboxylic acids is 2. The number of hydrogen-bond donors (Lipinski definition) is 1. The molecule has 13 heavy (non-hydrogen) atoms. The van der Waals surface area contributed by atoms with Crippen molar-refractivity contribution in [1.29, 1.82) is 0 Å². The van der Waals surface area contributed by atoms with Gasteiger partial charge in [0.2, 0.25) is 5.91 Å². The molecule has 1 aliphatic rings. The highest BCUT2D eigenvalue weighted by Crippen LogP contribution is 1.96. The Kier molecular flexibility index (Phi) is 3.70. The van der Waals surface area contributed by atoms with E-state index in [-0.39, 0.29) is 18.3 Å². The molecule has 5 nitrogen and oxygen atoms in total. The Morgan fingerprint density at radius 3 is 3.08 bits per heavy atom. The molecule has 0 spiro atoms. The molecule has 5 heteroatoms. The second-order valence-electron chi connectivity index (χ2n) is 2.88. The standard InChI is InChI=1S/C8H14N2O3/c1-13-8(12)2-4-10-5-3-9-6-7(10)11/h9H,2-6H2,1H3. The minimum Gasteiger partial charge on any atom is -0.469 e.